The predicted octanol–water partition coefficient (Wildman–Crippen LogP) is 2.26. The molecule has 2 aromatic rings. The normalized spacial score (nSPS) is 10.3. The Bertz CT molecular complexity index is 637. The van der Waals surface area contributed by atoms with Crippen LogP contribution in [-0.4, -0.2) is 21.8 Å². The standard InChI is InChI=1S/C13H16N4O3/c1-9-10(8-15-16(9)2)7-14-11-4-5-12(17(18)19)13(6-11)20-3/h4-6,8,14H,7H2,1-3H3. The molecule has 0 aliphatic carbocycles. The zero-order chi connectivity index (χ0) is 14.7. The molecule has 0 spiro atoms. The Kier molecular flexibility index (Phi) is 3.88. The Morgan fingerprint density at radius 3 is 2.80 bits per heavy atom. The fourth-order valence-corrected chi connectivity index (χ4v) is 1.85. The summed E-state index contributed by atoms with van der Waals surface area (Å²) in [5, 5.41) is 18.2. The summed E-state index contributed by atoms with van der Waals surface area (Å²) in [5.74, 6) is 0.239. The van der Waals surface area contributed by atoms with Gasteiger partial charge in [-0.15, -0.1) is 0 Å². The van der Waals surface area contributed by atoms with Crippen LogP contribution < -0.4 is 10.1 Å². The second-order valence-corrected chi connectivity index (χ2v) is 4.38. The molecule has 0 bridgehead atoms. The number of nitrogens with zero attached hydrogens (tertiary/aromatic N) is 3. The minimum Gasteiger partial charge on any atom is -0.490 e. The van der Waals surface area contributed by atoms with Gasteiger partial charge in [0.2, 0.25) is 0 Å². The number of nitro benzene ring substituents is 1. The minimum absolute atomic E-state index is 0.0457. The second-order valence-electron chi connectivity index (χ2n) is 4.38. The number of hydrogen-bond acceptors (Lipinski definition) is 5. The van der Waals surface area contributed by atoms with E-state index in [2.05, 4.69) is 10.4 Å². The van der Waals surface area contributed by atoms with Gasteiger partial charge in [-0.25, -0.2) is 0 Å². The van der Waals surface area contributed by atoms with Gasteiger partial charge in [-0.2, -0.15) is 5.10 Å². The molecule has 0 saturated carbocycles. The molecule has 1 heterocycles. The van der Waals surface area contributed by atoms with Gasteiger partial charge in [0.25, 0.3) is 0 Å². The lowest BCUT2D eigenvalue weighted by Crippen LogP contribution is -2.02. The molecule has 0 amide bonds. The first-order valence-electron chi connectivity index (χ1n) is 6.06. The van der Waals surface area contributed by atoms with Gasteiger partial charge in [0, 0.05) is 42.7 Å². The minimum atomic E-state index is -0.464. The molecule has 20 heavy (non-hydrogen) atoms. The number of hydrogen-bond donors (Lipinski definition) is 1. The highest BCUT2D eigenvalue weighted by Gasteiger charge is 2.14. The fraction of sp³-hybridized carbons (Fsp3) is 0.308. The van der Waals surface area contributed by atoms with Crippen LogP contribution in [0.5, 0.6) is 5.75 Å². The van der Waals surface area contributed by atoms with Gasteiger partial charge in [-0.3, -0.25) is 14.8 Å². The van der Waals surface area contributed by atoms with Crippen molar-refractivity contribution >= 4 is 11.4 Å². The van der Waals surface area contributed by atoms with E-state index < -0.39 is 4.92 Å². The maximum Gasteiger partial charge on any atom is 0.311 e. The molecule has 1 aromatic heterocycles. The van der Waals surface area contributed by atoms with Gasteiger partial charge in [0.15, 0.2) is 5.75 Å². The summed E-state index contributed by atoms with van der Waals surface area (Å²) in [4.78, 5) is 10.3. The molecule has 7 heteroatoms. The van der Waals surface area contributed by atoms with E-state index in [1.807, 2.05) is 14.0 Å². The highest BCUT2D eigenvalue weighted by atomic mass is 16.6. The number of rotatable bonds is 5. The first-order valence-corrected chi connectivity index (χ1v) is 6.06. The number of nitrogens with one attached hydrogen (secondary N) is 1. The number of nitro groups is 1. The summed E-state index contributed by atoms with van der Waals surface area (Å²) in [7, 11) is 3.30. The molecule has 0 unspecified atom stereocenters. The van der Waals surface area contributed by atoms with E-state index in [0.29, 0.717) is 6.54 Å². The molecular weight excluding hydrogens is 260 g/mol. The molecule has 0 aliphatic heterocycles. The quantitative estimate of drug-likeness (QED) is 0.669. The van der Waals surface area contributed by atoms with E-state index in [9.17, 15) is 10.1 Å². The lowest BCUT2D eigenvalue weighted by Gasteiger charge is -2.08. The molecule has 0 radical (unpaired) electrons. The van der Waals surface area contributed by atoms with Gasteiger partial charge in [-0.1, -0.05) is 0 Å². The van der Waals surface area contributed by atoms with Crippen LogP contribution in [0.15, 0.2) is 24.4 Å². The fourth-order valence-electron chi connectivity index (χ4n) is 1.85. The summed E-state index contributed by atoms with van der Waals surface area (Å²) in [6.07, 6.45) is 1.80. The second kappa shape index (κ2) is 5.60. The van der Waals surface area contributed by atoms with Gasteiger partial charge < -0.3 is 10.1 Å². The van der Waals surface area contributed by atoms with Crippen molar-refractivity contribution in [3.05, 3.63) is 45.8 Å². The number of ether oxygens (including phenoxy) is 1. The number of aromatic nitrogens is 2. The van der Waals surface area contributed by atoms with Crippen molar-refractivity contribution in [2.24, 2.45) is 7.05 Å². The van der Waals surface area contributed by atoms with Crippen LogP contribution in [0.4, 0.5) is 11.4 Å². The maximum atomic E-state index is 10.8. The van der Waals surface area contributed by atoms with Crippen molar-refractivity contribution in [1.82, 2.24) is 9.78 Å². The third-order valence-electron chi connectivity index (χ3n) is 3.20. The van der Waals surface area contributed by atoms with Crippen LogP contribution in [0.1, 0.15) is 11.3 Å². The third kappa shape index (κ3) is 2.71. The number of anilines is 1. The average molecular weight is 276 g/mol. The monoisotopic (exact) mass is 276 g/mol. The first kappa shape index (κ1) is 13.9. The van der Waals surface area contributed by atoms with E-state index in [1.54, 1.807) is 23.0 Å². The van der Waals surface area contributed by atoms with Crippen molar-refractivity contribution < 1.29 is 9.66 Å². The Morgan fingerprint density at radius 2 is 2.25 bits per heavy atom. The van der Waals surface area contributed by atoms with Gasteiger partial charge >= 0.3 is 5.69 Å². The Morgan fingerprint density at radius 1 is 1.50 bits per heavy atom. The summed E-state index contributed by atoms with van der Waals surface area (Å²) in [5.41, 5.74) is 2.86. The van der Waals surface area contributed by atoms with E-state index in [0.717, 1.165) is 16.9 Å². The Labute approximate surface area is 116 Å². The number of methoxy groups -OCH3 is 1. The molecular formula is C13H16N4O3. The van der Waals surface area contributed by atoms with Crippen LogP contribution >= 0.6 is 0 Å². The van der Waals surface area contributed by atoms with Crippen molar-refractivity contribution in [3.8, 4) is 5.75 Å². The molecule has 0 aliphatic rings. The summed E-state index contributed by atoms with van der Waals surface area (Å²) < 4.78 is 6.83. The SMILES string of the molecule is COc1cc(NCc2cnn(C)c2C)ccc1[N+](=O)[O-]. The van der Waals surface area contributed by atoms with Crippen molar-refractivity contribution in [3.63, 3.8) is 0 Å². The third-order valence-corrected chi connectivity index (χ3v) is 3.20. The molecule has 0 saturated heterocycles. The van der Waals surface area contributed by atoms with Crippen LogP contribution in [0.2, 0.25) is 0 Å². The Hall–Kier alpha value is -2.57. The van der Waals surface area contributed by atoms with Gasteiger partial charge in [0.05, 0.1) is 18.2 Å². The van der Waals surface area contributed by atoms with Gasteiger partial charge in [-0.05, 0) is 13.0 Å². The molecule has 2 rings (SSSR count). The topological polar surface area (TPSA) is 82.2 Å². The molecule has 7 nitrogen and oxygen atoms in total. The molecule has 0 fully saturated rings. The smallest absolute Gasteiger partial charge is 0.311 e. The predicted molar refractivity (Wildman–Crippen MR) is 74.9 cm³/mol. The zero-order valence-corrected chi connectivity index (χ0v) is 11.6. The van der Waals surface area contributed by atoms with Crippen LogP contribution in [0.25, 0.3) is 0 Å². The molecule has 106 valence electrons. The lowest BCUT2D eigenvalue weighted by atomic mass is 10.2. The molecule has 0 atom stereocenters. The van der Waals surface area contributed by atoms with E-state index in [1.165, 1.54) is 13.2 Å². The molecule has 1 aromatic carbocycles. The number of benzene rings is 1. The van der Waals surface area contributed by atoms with E-state index in [4.69, 9.17) is 4.74 Å². The lowest BCUT2D eigenvalue weighted by molar-refractivity contribution is -0.385. The van der Waals surface area contributed by atoms with Crippen LogP contribution in [0, 0.1) is 17.0 Å². The summed E-state index contributed by atoms with van der Waals surface area (Å²) in [6, 6.07) is 4.70. The van der Waals surface area contributed by atoms with Crippen molar-refractivity contribution in [2.45, 2.75) is 13.5 Å². The van der Waals surface area contributed by atoms with Crippen molar-refractivity contribution in [2.75, 3.05) is 12.4 Å². The largest absolute Gasteiger partial charge is 0.490 e. The van der Waals surface area contributed by atoms with Gasteiger partial charge in [0.1, 0.15) is 0 Å². The Balaban J connectivity index is 2.14. The highest BCUT2D eigenvalue weighted by molar-refractivity contribution is 5.58. The van der Waals surface area contributed by atoms with E-state index >= 15 is 0 Å². The van der Waals surface area contributed by atoms with E-state index in [-0.39, 0.29) is 11.4 Å². The summed E-state index contributed by atoms with van der Waals surface area (Å²) >= 11 is 0. The number of aryl methyl sites for hydroxylation is 1. The van der Waals surface area contributed by atoms with Crippen LogP contribution in [0.3, 0.4) is 0 Å². The van der Waals surface area contributed by atoms with Crippen LogP contribution in [-0.2, 0) is 13.6 Å². The zero-order valence-electron chi connectivity index (χ0n) is 11.6. The molecule has 1 N–H and O–H groups in total. The highest BCUT2D eigenvalue weighted by Crippen LogP contribution is 2.29. The average Bonchev–Trinajstić information content (AvgIpc) is 2.76. The van der Waals surface area contributed by atoms with Crippen molar-refractivity contribution in [1.29, 1.82) is 0 Å². The maximum absolute atomic E-state index is 10.8. The summed E-state index contributed by atoms with van der Waals surface area (Å²) in [6.45, 7) is 2.58. The first-order chi connectivity index (χ1) is 9.52.